The normalized spacial score (nSPS) is 17.1. The fourth-order valence-electron chi connectivity index (χ4n) is 2.84. The first-order valence-corrected chi connectivity index (χ1v) is 7.75. The quantitative estimate of drug-likeness (QED) is 0.884. The second-order valence-electron chi connectivity index (χ2n) is 5.23. The number of nitrogens with zero attached hydrogens (tertiary/aromatic N) is 1. The molecule has 4 heteroatoms. The molecule has 0 atom stereocenters. The molecule has 1 aliphatic rings. The first-order valence-electron chi connectivity index (χ1n) is 6.99. The standard InChI is InChI=1S/C15H21Cl2NO/c16-14-7-6-12(10-15(14)17)11-18(8-9-19)13-4-2-1-3-5-13/h6-7,10,13,19H,1-5,8-9,11H2. The summed E-state index contributed by atoms with van der Waals surface area (Å²) in [6.07, 6.45) is 6.42. The molecule has 0 unspecified atom stereocenters. The monoisotopic (exact) mass is 301 g/mol. The van der Waals surface area contributed by atoms with Crippen molar-refractivity contribution in [1.29, 1.82) is 0 Å². The van der Waals surface area contributed by atoms with Crippen LogP contribution in [0.4, 0.5) is 0 Å². The second-order valence-corrected chi connectivity index (χ2v) is 6.05. The Morgan fingerprint density at radius 1 is 1.11 bits per heavy atom. The molecule has 1 saturated carbocycles. The zero-order valence-corrected chi connectivity index (χ0v) is 12.6. The molecule has 0 heterocycles. The number of aliphatic hydroxyl groups excluding tert-OH is 1. The second kappa shape index (κ2) is 7.49. The fraction of sp³-hybridized carbons (Fsp3) is 0.600. The topological polar surface area (TPSA) is 23.5 Å². The van der Waals surface area contributed by atoms with Gasteiger partial charge in [0.05, 0.1) is 16.7 Å². The average Bonchev–Trinajstić information content (AvgIpc) is 2.43. The van der Waals surface area contributed by atoms with E-state index in [1.807, 2.05) is 18.2 Å². The van der Waals surface area contributed by atoms with Gasteiger partial charge < -0.3 is 5.11 Å². The first-order chi connectivity index (χ1) is 9.20. The molecule has 1 aliphatic carbocycles. The zero-order valence-electron chi connectivity index (χ0n) is 11.1. The third kappa shape index (κ3) is 4.35. The Hall–Kier alpha value is -0.280. The number of halogens is 2. The van der Waals surface area contributed by atoms with Gasteiger partial charge in [0, 0.05) is 19.1 Å². The van der Waals surface area contributed by atoms with Crippen molar-refractivity contribution in [2.75, 3.05) is 13.2 Å². The molecule has 0 saturated heterocycles. The Morgan fingerprint density at radius 2 is 1.84 bits per heavy atom. The van der Waals surface area contributed by atoms with Crippen LogP contribution in [0, 0.1) is 0 Å². The number of hydrogen-bond acceptors (Lipinski definition) is 2. The Kier molecular flexibility index (Phi) is 5.96. The molecular formula is C15H21Cl2NO. The van der Waals surface area contributed by atoms with Crippen LogP contribution in [0.2, 0.25) is 10.0 Å². The van der Waals surface area contributed by atoms with Crippen molar-refractivity contribution >= 4 is 23.2 Å². The van der Waals surface area contributed by atoms with Crippen molar-refractivity contribution in [3.63, 3.8) is 0 Å². The maximum absolute atomic E-state index is 9.26. The number of aliphatic hydroxyl groups is 1. The van der Waals surface area contributed by atoms with E-state index >= 15 is 0 Å². The summed E-state index contributed by atoms with van der Waals surface area (Å²) in [5.74, 6) is 0. The van der Waals surface area contributed by atoms with E-state index < -0.39 is 0 Å². The van der Waals surface area contributed by atoms with E-state index in [9.17, 15) is 5.11 Å². The number of rotatable bonds is 5. The Balaban J connectivity index is 2.04. The van der Waals surface area contributed by atoms with Gasteiger partial charge in [0.15, 0.2) is 0 Å². The molecule has 2 nitrogen and oxygen atoms in total. The van der Waals surface area contributed by atoms with Crippen LogP contribution >= 0.6 is 23.2 Å². The predicted octanol–water partition coefficient (Wildman–Crippen LogP) is 4.12. The van der Waals surface area contributed by atoms with Gasteiger partial charge in [0.1, 0.15) is 0 Å². The zero-order chi connectivity index (χ0) is 13.7. The van der Waals surface area contributed by atoms with Crippen LogP contribution in [-0.2, 0) is 6.54 Å². The van der Waals surface area contributed by atoms with E-state index in [0.717, 1.165) is 18.7 Å². The van der Waals surface area contributed by atoms with Crippen molar-refractivity contribution in [3.05, 3.63) is 33.8 Å². The molecular weight excluding hydrogens is 281 g/mol. The molecule has 1 aromatic carbocycles. The smallest absolute Gasteiger partial charge is 0.0595 e. The van der Waals surface area contributed by atoms with Crippen LogP contribution in [0.15, 0.2) is 18.2 Å². The van der Waals surface area contributed by atoms with E-state index in [1.165, 1.54) is 32.1 Å². The van der Waals surface area contributed by atoms with Crippen LogP contribution in [0.25, 0.3) is 0 Å². The van der Waals surface area contributed by atoms with Crippen molar-refractivity contribution < 1.29 is 5.11 Å². The van der Waals surface area contributed by atoms with Crippen molar-refractivity contribution in [2.24, 2.45) is 0 Å². The Labute approximate surface area is 125 Å². The summed E-state index contributed by atoms with van der Waals surface area (Å²) < 4.78 is 0. The predicted molar refractivity (Wildman–Crippen MR) is 80.8 cm³/mol. The highest BCUT2D eigenvalue weighted by Crippen LogP contribution is 2.26. The molecule has 0 aliphatic heterocycles. The molecule has 0 bridgehead atoms. The Morgan fingerprint density at radius 3 is 2.47 bits per heavy atom. The molecule has 0 amide bonds. The Bertz CT molecular complexity index is 405. The summed E-state index contributed by atoms with van der Waals surface area (Å²) >= 11 is 12.0. The highest BCUT2D eigenvalue weighted by Gasteiger charge is 2.20. The SMILES string of the molecule is OCCN(Cc1ccc(Cl)c(Cl)c1)C1CCCCC1. The molecule has 0 aromatic heterocycles. The highest BCUT2D eigenvalue weighted by atomic mass is 35.5. The third-order valence-electron chi connectivity index (χ3n) is 3.85. The fourth-order valence-corrected chi connectivity index (χ4v) is 3.16. The lowest BCUT2D eigenvalue weighted by molar-refractivity contribution is 0.117. The summed E-state index contributed by atoms with van der Waals surface area (Å²) in [7, 11) is 0. The summed E-state index contributed by atoms with van der Waals surface area (Å²) in [5.41, 5.74) is 1.16. The van der Waals surface area contributed by atoms with Gasteiger partial charge in [-0.25, -0.2) is 0 Å². The minimum absolute atomic E-state index is 0.206. The van der Waals surface area contributed by atoms with E-state index in [1.54, 1.807) is 0 Å². The van der Waals surface area contributed by atoms with Gasteiger partial charge >= 0.3 is 0 Å². The lowest BCUT2D eigenvalue weighted by Crippen LogP contribution is -2.38. The van der Waals surface area contributed by atoms with Crippen LogP contribution in [-0.4, -0.2) is 29.2 Å². The van der Waals surface area contributed by atoms with Crippen molar-refractivity contribution in [3.8, 4) is 0 Å². The minimum atomic E-state index is 0.206. The molecule has 0 spiro atoms. The molecule has 19 heavy (non-hydrogen) atoms. The van der Waals surface area contributed by atoms with Gasteiger partial charge in [0.2, 0.25) is 0 Å². The van der Waals surface area contributed by atoms with E-state index in [4.69, 9.17) is 23.2 Å². The largest absolute Gasteiger partial charge is 0.395 e. The third-order valence-corrected chi connectivity index (χ3v) is 4.59. The molecule has 1 N–H and O–H groups in total. The first kappa shape index (κ1) is 15.1. The van der Waals surface area contributed by atoms with Gasteiger partial charge in [-0.2, -0.15) is 0 Å². The molecule has 1 fully saturated rings. The van der Waals surface area contributed by atoms with E-state index in [2.05, 4.69) is 4.90 Å². The van der Waals surface area contributed by atoms with Crippen LogP contribution in [0.5, 0.6) is 0 Å². The lowest BCUT2D eigenvalue weighted by Gasteiger charge is -2.34. The molecule has 0 radical (unpaired) electrons. The van der Waals surface area contributed by atoms with Gasteiger partial charge in [-0.1, -0.05) is 48.5 Å². The minimum Gasteiger partial charge on any atom is -0.395 e. The summed E-state index contributed by atoms with van der Waals surface area (Å²) in [4.78, 5) is 2.37. The van der Waals surface area contributed by atoms with Gasteiger partial charge in [-0.3, -0.25) is 4.90 Å². The molecule has 2 rings (SSSR count). The molecule has 1 aromatic rings. The molecule has 106 valence electrons. The van der Waals surface area contributed by atoms with Gasteiger partial charge in [-0.05, 0) is 30.5 Å². The van der Waals surface area contributed by atoms with Crippen molar-refractivity contribution in [1.82, 2.24) is 4.90 Å². The maximum atomic E-state index is 9.26. The van der Waals surface area contributed by atoms with Crippen molar-refractivity contribution in [2.45, 2.75) is 44.7 Å². The van der Waals surface area contributed by atoms with E-state index in [-0.39, 0.29) is 6.61 Å². The average molecular weight is 302 g/mol. The van der Waals surface area contributed by atoms with Gasteiger partial charge in [-0.15, -0.1) is 0 Å². The summed E-state index contributed by atoms with van der Waals surface area (Å²) in [6.45, 7) is 1.77. The summed E-state index contributed by atoms with van der Waals surface area (Å²) in [5, 5.41) is 10.5. The maximum Gasteiger partial charge on any atom is 0.0595 e. The number of hydrogen-bond donors (Lipinski definition) is 1. The van der Waals surface area contributed by atoms with E-state index in [0.29, 0.717) is 16.1 Å². The van der Waals surface area contributed by atoms with Crippen LogP contribution in [0.1, 0.15) is 37.7 Å². The number of benzene rings is 1. The summed E-state index contributed by atoms with van der Waals surface area (Å²) in [6, 6.07) is 6.38. The highest BCUT2D eigenvalue weighted by molar-refractivity contribution is 6.42. The lowest BCUT2D eigenvalue weighted by atomic mass is 9.94. The van der Waals surface area contributed by atoms with Crippen LogP contribution in [0.3, 0.4) is 0 Å². The van der Waals surface area contributed by atoms with Crippen LogP contribution < -0.4 is 0 Å². The van der Waals surface area contributed by atoms with Gasteiger partial charge in [0.25, 0.3) is 0 Å².